The monoisotopic (exact) mass is 341 g/mol. The molecule has 2 nitrogen and oxygen atoms in total. The van der Waals surface area contributed by atoms with Crippen LogP contribution >= 0.6 is 0 Å². The molecular formula is C23H24BNO. The Balaban J connectivity index is 1.60. The molecule has 1 heterocycles. The van der Waals surface area contributed by atoms with Crippen LogP contribution in [0.3, 0.4) is 0 Å². The highest BCUT2D eigenvalue weighted by Crippen LogP contribution is 2.52. The summed E-state index contributed by atoms with van der Waals surface area (Å²) in [6.07, 6.45) is 1.13. The zero-order valence-corrected chi connectivity index (χ0v) is 15.4. The molecule has 1 aliphatic rings. The molecule has 1 aliphatic heterocycles. The van der Waals surface area contributed by atoms with Gasteiger partial charge in [-0.05, 0) is 46.0 Å². The van der Waals surface area contributed by atoms with Crippen molar-refractivity contribution in [3.05, 3.63) is 90.0 Å². The third-order valence-corrected chi connectivity index (χ3v) is 5.32. The highest BCUT2D eigenvalue weighted by Gasteiger charge is 2.54. The van der Waals surface area contributed by atoms with E-state index in [1.54, 1.807) is 0 Å². The third kappa shape index (κ3) is 3.40. The summed E-state index contributed by atoms with van der Waals surface area (Å²) < 4.78 is 6.05. The van der Waals surface area contributed by atoms with Gasteiger partial charge in [-0.3, -0.25) is 0 Å². The number of nitrogens with two attached hydrogens (primary N) is 1. The van der Waals surface area contributed by atoms with Crippen molar-refractivity contribution in [3.8, 4) is 16.9 Å². The highest BCUT2D eigenvalue weighted by molar-refractivity contribution is 6.68. The molecule has 0 saturated carbocycles. The van der Waals surface area contributed by atoms with E-state index in [2.05, 4.69) is 68.4 Å². The summed E-state index contributed by atoms with van der Waals surface area (Å²) in [4.78, 5) is 0. The molecule has 1 unspecified atom stereocenters. The van der Waals surface area contributed by atoms with Gasteiger partial charge in [0.2, 0.25) is 0 Å². The SMILES string of the molecule is CC1(C)CB1Oc1ccc(-c2ccccc2C(N)c2ccccc2)cc1. The fourth-order valence-electron chi connectivity index (χ4n) is 3.37. The maximum atomic E-state index is 6.56. The van der Waals surface area contributed by atoms with E-state index in [1.165, 1.54) is 5.56 Å². The van der Waals surface area contributed by atoms with E-state index >= 15 is 0 Å². The smallest absolute Gasteiger partial charge is 0.362 e. The van der Waals surface area contributed by atoms with Gasteiger partial charge in [-0.15, -0.1) is 0 Å². The summed E-state index contributed by atoms with van der Waals surface area (Å²) >= 11 is 0. The molecular weight excluding hydrogens is 317 g/mol. The van der Waals surface area contributed by atoms with Crippen LogP contribution in [0.15, 0.2) is 78.9 Å². The molecule has 26 heavy (non-hydrogen) atoms. The first-order valence-electron chi connectivity index (χ1n) is 9.21. The molecule has 3 aromatic carbocycles. The lowest BCUT2D eigenvalue weighted by molar-refractivity contribution is 0.581. The zero-order chi connectivity index (χ0) is 18.1. The van der Waals surface area contributed by atoms with Crippen LogP contribution in [0.1, 0.15) is 31.0 Å². The minimum atomic E-state index is -0.143. The number of hydrogen-bond donors (Lipinski definition) is 1. The Hall–Kier alpha value is -2.52. The van der Waals surface area contributed by atoms with Crippen molar-refractivity contribution in [1.29, 1.82) is 0 Å². The highest BCUT2D eigenvalue weighted by atomic mass is 16.4. The number of rotatable bonds is 5. The van der Waals surface area contributed by atoms with Crippen molar-refractivity contribution in [1.82, 2.24) is 0 Å². The molecule has 0 spiro atoms. The Labute approximate surface area is 156 Å². The number of hydrogen-bond acceptors (Lipinski definition) is 2. The minimum Gasteiger partial charge on any atom is -0.560 e. The van der Waals surface area contributed by atoms with Crippen molar-refractivity contribution in [2.24, 2.45) is 5.73 Å². The summed E-state index contributed by atoms with van der Waals surface area (Å²) in [5.74, 6) is 0.939. The largest absolute Gasteiger partial charge is 0.560 e. The van der Waals surface area contributed by atoms with Crippen LogP contribution in [0, 0.1) is 0 Å². The quantitative estimate of drug-likeness (QED) is 0.616. The molecule has 0 aliphatic carbocycles. The van der Waals surface area contributed by atoms with Crippen LogP contribution in [0.4, 0.5) is 0 Å². The summed E-state index contributed by atoms with van der Waals surface area (Å²) in [6.45, 7) is 4.83. The van der Waals surface area contributed by atoms with Crippen molar-refractivity contribution in [3.63, 3.8) is 0 Å². The maximum Gasteiger partial charge on any atom is 0.362 e. The predicted octanol–water partition coefficient (Wildman–Crippen LogP) is 5.57. The summed E-state index contributed by atoms with van der Waals surface area (Å²) in [5, 5.41) is 0.313. The average Bonchev–Trinajstić information content (AvgIpc) is 3.28. The molecule has 3 heteroatoms. The Bertz CT molecular complexity index is 890. The van der Waals surface area contributed by atoms with Gasteiger partial charge in [-0.2, -0.15) is 0 Å². The van der Waals surface area contributed by atoms with Crippen LogP contribution in [0.25, 0.3) is 11.1 Å². The normalized spacial score (nSPS) is 16.2. The second-order valence-electron chi connectivity index (χ2n) is 7.80. The summed E-state index contributed by atoms with van der Waals surface area (Å²) in [5.41, 5.74) is 11.1. The predicted molar refractivity (Wildman–Crippen MR) is 110 cm³/mol. The Morgan fingerprint density at radius 2 is 1.50 bits per heavy atom. The van der Waals surface area contributed by atoms with E-state index < -0.39 is 0 Å². The van der Waals surface area contributed by atoms with E-state index in [4.69, 9.17) is 10.4 Å². The van der Waals surface area contributed by atoms with Gasteiger partial charge in [0.15, 0.2) is 0 Å². The third-order valence-electron chi connectivity index (χ3n) is 5.32. The number of benzene rings is 3. The van der Waals surface area contributed by atoms with Crippen LogP contribution in [-0.2, 0) is 0 Å². The molecule has 3 aromatic rings. The maximum absolute atomic E-state index is 6.56. The zero-order valence-electron chi connectivity index (χ0n) is 15.4. The standard InChI is InChI=1S/C23H24BNO/c1-23(2)16-24(23)26-19-14-12-17(13-15-19)20-10-6-7-11-21(20)22(25)18-8-4-3-5-9-18/h3-15,22H,16,25H2,1-2H3. The molecule has 4 rings (SSSR count). The lowest BCUT2D eigenvalue weighted by Gasteiger charge is -2.17. The van der Waals surface area contributed by atoms with Crippen LogP contribution < -0.4 is 10.4 Å². The average molecular weight is 341 g/mol. The van der Waals surface area contributed by atoms with Crippen molar-refractivity contribution in [2.75, 3.05) is 0 Å². The lowest BCUT2D eigenvalue weighted by atomic mass is 9.82. The fourth-order valence-corrected chi connectivity index (χ4v) is 3.37. The van der Waals surface area contributed by atoms with Gasteiger partial charge in [0.1, 0.15) is 0 Å². The van der Waals surface area contributed by atoms with Crippen LogP contribution in [0.2, 0.25) is 11.6 Å². The van der Waals surface area contributed by atoms with Gasteiger partial charge in [-0.1, -0.05) is 80.6 Å². The van der Waals surface area contributed by atoms with E-state index in [0.717, 1.165) is 28.8 Å². The van der Waals surface area contributed by atoms with Crippen molar-refractivity contribution in [2.45, 2.75) is 31.5 Å². The summed E-state index contributed by atoms with van der Waals surface area (Å²) in [7, 11) is 0. The first-order valence-corrected chi connectivity index (χ1v) is 9.21. The van der Waals surface area contributed by atoms with Crippen molar-refractivity contribution < 1.29 is 4.65 Å². The van der Waals surface area contributed by atoms with Gasteiger partial charge in [0.25, 0.3) is 0 Å². The lowest BCUT2D eigenvalue weighted by Crippen LogP contribution is -2.12. The molecule has 1 fully saturated rings. The van der Waals surface area contributed by atoms with Gasteiger partial charge >= 0.3 is 6.92 Å². The van der Waals surface area contributed by atoms with E-state index in [-0.39, 0.29) is 6.04 Å². The molecule has 1 atom stereocenters. The molecule has 0 aromatic heterocycles. The van der Waals surface area contributed by atoms with Crippen molar-refractivity contribution >= 4 is 6.92 Å². The van der Waals surface area contributed by atoms with E-state index in [1.807, 2.05) is 24.3 Å². The first-order chi connectivity index (χ1) is 12.5. The van der Waals surface area contributed by atoms with Crippen LogP contribution in [-0.4, -0.2) is 6.92 Å². The molecule has 0 amide bonds. The molecule has 2 N–H and O–H groups in total. The van der Waals surface area contributed by atoms with Crippen LogP contribution in [0.5, 0.6) is 5.75 Å². The molecule has 0 radical (unpaired) electrons. The topological polar surface area (TPSA) is 35.2 Å². The van der Waals surface area contributed by atoms with Gasteiger partial charge in [0, 0.05) is 0 Å². The van der Waals surface area contributed by atoms with Gasteiger partial charge in [-0.25, -0.2) is 0 Å². The fraction of sp³-hybridized carbons (Fsp3) is 0.217. The molecule has 130 valence electrons. The minimum absolute atomic E-state index is 0.143. The molecule has 0 bridgehead atoms. The first kappa shape index (κ1) is 16.9. The Morgan fingerprint density at radius 1 is 0.885 bits per heavy atom. The van der Waals surface area contributed by atoms with Gasteiger partial charge < -0.3 is 10.4 Å². The Kier molecular flexibility index (Phi) is 4.33. The Morgan fingerprint density at radius 3 is 2.15 bits per heavy atom. The summed E-state index contributed by atoms with van der Waals surface area (Å²) in [6, 6.07) is 26.8. The van der Waals surface area contributed by atoms with E-state index in [9.17, 15) is 0 Å². The van der Waals surface area contributed by atoms with E-state index in [0.29, 0.717) is 12.2 Å². The van der Waals surface area contributed by atoms with Gasteiger partial charge in [0.05, 0.1) is 11.8 Å². The second-order valence-corrected chi connectivity index (χ2v) is 7.80. The second kappa shape index (κ2) is 6.66. The molecule has 1 saturated heterocycles.